The number of morpholine rings is 1. The van der Waals surface area contributed by atoms with Crippen molar-refractivity contribution in [3.8, 4) is 11.4 Å². The van der Waals surface area contributed by atoms with Crippen LogP contribution in [0.1, 0.15) is 6.92 Å². The number of hydrogen-bond acceptors (Lipinski definition) is 6. The number of nitrogens with zero attached hydrogens (tertiary/aromatic N) is 4. The Morgan fingerprint density at radius 2 is 1.88 bits per heavy atom. The molecule has 2 amide bonds. The summed E-state index contributed by atoms with van der Waals surface area (Å²) in [7, 11) is 1.87. The number of benzene rings is 1. The number of carbonyl (C=O) groups is 2. The monoisotopic (exact) mass is 375 g/mol. The Hall–Kier alpha value is -2.39. The second-order valence-corrected chi connectivity index (χ2v) is 6.85. The van der Waals surface area contributed by atoms with E-state index < -0.39 is 0 Å². The number of carbonyl (C=O) groups excluding carboxylic acids is 2. The first kappa shape index (κ1) is 18.4. The highest BCUT2D eigenvalue weighted by molar-refractivity contribution is 7.99. The van der Waals surface area contributed by atoms with Gasteiger partial charge in [-0.1, -0.05) is 11.8 Å². The SMILES string of the molecule is CC(=O)Nc1ccc(-c2nnc(SCC(=O)N3CCOCC3)n2C)cc1. The van der Waals surface area contributed by atoms with Crippen molar-refractivity contribution in [1.82, 2.24) is 19.7 Å². The van der Waals surface area contributed by atoms with Crippen molar-refractivity contribution in [2.45, 2.75) is 12.1 Å². The fraction of sp³-hybridized carbons (Fsp3) is 0.412. The second-order valence-electron chi connectivity index (χ2n) is 5.91. The van der Waals surface area contributed by atoms with E-state index in [1.807, 2.05) is 40.8 Å². The number of aromatic nitrogens is 3. The smallest absolute Gasteiger partial charge is 0.233 e. The summed E-state index contributed by atoms with van der Waals surface area (Å²) in [4.78, 5) is 25.1. The first-order valence-corrected chi connectivity index (χ1v) is 9.29. The van der Waals surface area contributed by atoms with Gasteiger partial charge < -0.3 is 19.5 Å². The summed E-state index contributed by atoms with van der Waals surface area (Å²) >= 11 is 1.38. The van der Waals surface area contributed by atoms with Crippen LogP contribution in [0.2, 0.25) is 0 Å². The standard InChI is InChI=1S/C17H21N5O3S/c1-12(23)18-14-5-3-13(4-6-14)16-19-20-17(21(16)2)26-11-15(24)22-7-9-25-10-8-22/h3-6H,7-11H2,1-2H3,(H,18,23). The molecule has 1 aliphatic heterocycles. The van der Waals surface area contributed by atoms with Crippen molar-refractivity contribution in [2.24, 2.45) is 7.05 Å². The molecule has 26 heavy (non-hydrogen) atoms. The average Bonchev–Trinajstić information content (AvgIpc) is 3.01. The number of thioether (sulfide) groups is 1. The lowest BCUT2D eigenvalue weighted by Crippen LogP contribution is -2.41. The summed E-state index contributed by atoms with van der Waals surface area (Å²) in [6, 6.07) is 7.39. The third-order valence-electron chi connectivity index (χ3n) is 3.99. The van der Waals surface area contributed by atoms with Crippen molar-refractivity contribution in [2.75, 3.05) is 37.4 Å². The third-order valence-corrected chi connectivity index (χ3v) is 4.99. The van der Waals surface area contributed by atoms with Crippen LogP contribution in [0.5, 0.6) is 0 Å². The highest BCUT2D eigenvalue weighted by Crippen LogP contribution is 2.24. The molecule has 0 radical (unpaired) electrons. The van der Waals surface area contributed by atoms with Gasteiger partial charge in [0.05, 0.1) is 19.0 Å². The zero-order chi connectivity index (χ0) is 18.5. The molecule has 1 N–H and O–H groups in total. The zero-order valence-electron chi connectivity index (χ0n) is 14.8. The van der Waals surface area contributed by atoms with Crippen molar-refractivity contribution < 1.29 is 14.3 Å². The molecule has 0 spiro atoms. The molecule has 2 heterocycles. The quantitative estimate of drug-likeness (QED) is 0.795. The van der Waals surface area contributed by atoms with Crippen molar-refractivity contribution in [1.29, 1.82) is 0 Å². The lowest BCUT2D eigenvalue weighted by Gasteiger charge is -2.26. The fourth-order valence-electron chi connectivity index (χ4n) is 2.63. The van der Waals surface area contributed by atoms with Crippen LogP contribution in [0, 0.1) is 0 Å². The molecular weight excluding hydrogens is 354 g/mol. The minimum atomic E-state index is -0.111. The molecule has 0 aliphatic carbocycles. The van der Waals surface area contributed by atoms with Gasteiger partial charge in [0.2, 0.25) is 11.8 Å². The molecule has 1 fully saturated rings. The lowest BCUT2D eigenvalue weighted by molar-refractivity contribution is -0.132. The van der Waals surface area contributed by atoms with E-state index in [9.17, 15) is 9.59 Å². The Kier molecular flexibility index (Phi) is 5.89. The predicted octanol–water partition coefficient (Wildman–Crippen LogP) is 1.39. The number of anilines is 1. The zero-order valence-corrected chi connectivity index (χ0v) is 15.6. The molecule has 2 aromatic rings. The largest absolute Gasteiger partial charge is 0.378 e. The molecule has 1 saturated heterocycles. The molecule has 3 rings (SSSR count). The van der Waals surface area contributed by atoms with Crippen molar-refractivity contribution >= 4 is 29.3 Å². The van der Waals surface area contributed by atoms with Crippen molar-refractivity contribution in [3.63, 3.8) is 0 Å². The van der Waals surface area contributed by atoms with Crippen LogP contribution >= 0.6 is 11.8 Å². The molecule has 8 nitrogen and oxygen atoms in total. The van der Waals surface area contributed by atoms with E-state index in [0.717, 1.165) is 11.3 Å². The molecular formula is C17H21N5O3S. The molecule has 0 saturated carbocycles. The van der Waals surface area contributed by atoms with E-state index in [4.69, 9.17) is 4.74 Å². The maximum absolute atomic E-state index is 12.2. The van der Waals surface area contributed by atoms with Crippen LogP contribution in [0.25, 0.3) is 11.4 Å². The molecule has 1 aromatic heterocycles. The average molecular weight is 375 g/mol. The van der Waals surface area contributed by atoms with E-state index in [1.165, 1.54) is 18.7 Å². The van der Waals surface area contributed by atoms with Crippen LogP contribution in [0.4, 0.5) is 5.69 Å². The number of hydrogen-bond donors (Lipinski definition) is 1. The molecule has 9 heteroatoms. The maximum atomic E-state index is 12.2. The summed E-state index contributed by atoms with van der Waals surface area (Å²) in [6.45, 7) is 3.95. The first-order valence-electron chi connectivity index (χ1n) is 8.30. The highest BCUT2D eigenvalue weighted by atomic mass is 32.2. The first-order chi connectivity index (χ1) is 12.5. The van der Waals surface area contributed by atoms with Gasteiger partial charge in [0.1, 0.15) is 0 Å². The Morgan fingerprint density at radius 3 is 2.54 bits per heavy atom. The molecule has 0 atom stereocenters. The summed E-state index contributed by atoms with van der Waals surface area (Å²) in [5, 5.41) is 11.8. The Labute approximate surface area is 155 Å². The van der Waals surface area contributed by atoms with E-state index in [1.54, 1.807) is 0 Å². The van der Waals surface area contributed by atoms with Crippen LogP contribution < -0.4 is 5.32 Å². The van der Waals surface area contributed by atoms with Gasteiger partial charge in [-0.15, -0.1) is 10.2 Å². The highest BCUT2D eigenvalue weighted by Gasteiger charge is 2.19. The summed E-state index contributed by atoms with van der Waals surface area (Å²) in [5.41, 5.74) is 1.62. The van der Waals surface area contributed by atoms with Crippen LogP contribution in [-0.2, 0) is 21.4 Å². The van der Waals surface area contributed by atoms with E-state index >= 15 is 0 Å². The Balaban J connectivity index is 1.64. The van der Waals surface area contributed by atoms with E-state index in [-0.39, 0.29) is 11.8 Å². The number of rotatable bonds is 5. The molecule has 138 valence electrons. The Morgan fingerprint density at radius 1 is 1.19 bits per heavy atom. The van der Waals surface area contributed by atoms with Gasteiger partial charge in [0.15, 0.2) is 11.0 Å². The normalized spacial score (nSPS) is 14.3. The molecule has 1 aromatic carbocycles. The van der Waals surface area contributed by atoms with Crippen LogP contribution in [0.15, 0.2) is 29.4 Å². The summed E-state index contributed by atoms with van der Waals surface area (Å²) in [5.74, 6) is 1.01. The van der Waals surface area contributed by atoms with Gasteiger partial charge in [-0.05, 0) is 24.3 Å². The van der Waals surface area contributed by atoms with Gasteiger partial charge in [-0.2, -0.15) is 0 Å². The topological polar surface area (TPSA) is 89.3 Å². The second kappa shape index (κ2) is 8.33. The number of nitrogens with one attached hydrogen (secondary N) is 1. The van der Waals surface area contributed by atoms with Gasteiger partial charge in [0.25, 0.3) is 0 Å². The van der Waals surface area contributed by atoms with Gasteiger partial charge in [0, 0.05) is 38.3 Å². The minimum Gasteiger partial charge on any atom is -0.378 e. The van der Waals surface area contributed by atoms with Gasteiger partial charge >= 0.3 is 0 Å². The molecule has 0 unspecified atom stereocenters. The van der Waals surface area contributed by atoms with E-state index in [2.05, 4.69) is 15.5 Å². The lowest BCUT2D eigenvalue weighted by atomic mass is 10.2. The summed E-state index contributed by atoms with van der Waals surface area (Å²) < 4.78 is 7.13. The number of amides is 2. The predicted molar refractivity (Wildman–Crippen MR) is 98.9 cm³/mol. The van der Waals surface area contributed by atoms with Gasteiger partial charge in [-0.25, -0.2) is 0 Å². The molecule has 1 aliphatic rings. The number of ether oxygens (including phenoxy) is 1. The van der Waals surface area contributed by atoms with Crippen LogP contribution in [0.3, 0.4) is 0 Å². The minimum absolute atomic E-state index is 0.0857. The van der Waals surface area contributed by atoms with E-state index in [0.29, 0.717) is 43.0 Å². The third kappa shape index (κ3) is 4.41. The van der Waals surface area contributed by atoms with Gasteiger partial charge in [-0.3, -0.25) is 9.59 Å². The fourth-order valence-corrected chi connectivity index (χ4v) is 3.44. The van der Waals surface area contributed by atoms with Crippen molar-refractivity contribution in [3.05, 3.63) is 24.3 Å². The maximum Gasteiger partial charge on any atom is 0.233 e. The molecule has 0 bridgehead atoms. The Bertz CT molecular complexity index is 784. The summed E-state index contributed by atoms with van der Waals surface area (Å²) in [6.07, 6.45) is 0. The van der Waals surface area contributed by atoms with Crippen LogP contribution in [-0.4, -0.2) is 63.5 Å².